The molecule has 150 valence electrons. The summed E-state index contributed by atoms with van der Waals surface area (Å²) in [4.78, 5) is 12.5. The highest BCUT2D eigenvalue weighted by molar-refractivity contribution is 5.79. The molecule has 27 heavy (non-hydrogen) atoms. The Balaban J connectivity index is 3.03. The number of aliphatic hydroxyl groups is 1. The zero-order valence-corrected chi connectivity index (χ0v) is 15.6. The molecule has 0 aliphatic heterocycles. The molecule has 0 aliphatic carbocycles. The van der Waals surface area contributed by atoms with E-state index < -0.39 is 24.2 Å². The molecule has 0 aliphatic rings. The van der Waals surface area contributed by atoms with Crippen LogP contribution in [0.5, 0.6) is 0 Å². The first-order valence-electron chi connectivity index (χ1n) is 8.55. The monoisotopic (exact) mass is 386 g/mol. The van der Waals surface area contributed by atoms with Crippen LogP contribution in [0.25, 0.3) is 0 Å². The second-order valence-corrected chi connectivity index (χ2v) is 5.95. The van der Waals surface area contributed by atoms with Gasteiger partial charge in [0.15, 0.2) is 0 Å². The molecule has 1 aromatic rings. The zero-order valence-electron chi connectivity index (χ0n) is 15.6. The van der Waals surface area contributed by atoms with Gasteiger partial charge in [0.05, 0.1) is 6.10 Å². The molecule has 0 radical (unpaired) electrons. The van der Waals surface area contributed by atoms with Gasteiger partial charge in [0.2, 0.25) is 5.91 Å². The molecule has 0 heterocycles. The number of methoxy groups -OCH3 is 1. The lowest BCUT2D eigenvalue weighted by Crippen LogP contribution is -2.58. The summed E-state index contributed by atoms with van der Waals surface area (Å²) in [6.07, 6.45) is -2.12. The Hall–Kier alpha value is -2.19. The van der Waals surface area contributed by atoms with Gasteiger partial charge in [-0.3, -0.25) is 4.79 Å². The summed E-state index contributed by atoms with van der Waals surface area (Å²) in [6.45, 7) is 2.87. The number of carbonyl (C=O) groups excluding carboxylic acids is 1. The largest absolute Gasteiger partial charge is 0.438 e. The Bertz CT molecular complexity index is 647. The van der Waals surface area contributed by atoms with E-state index in [0.717, 1.165) is 18.7 Å². The Morgan fingerprint density at radius 2 is 1.96 bits per heavy atom. The smallest absolute Gasteiger partial charge is 0.378 e. The van der Waals surface area contributed by atoms with Crippen molar-refractivity contribution in [1.29, 1.82) is 0 Å². The molecular formula is C19H25F3N2O3. The first-order valence-corrected chi connectivity index (χ1v) is 8.55. The second kappa shape index (κ2) is 10.2. The van der Waals surface area contributed by atoms with Crippen molar-refractivity contribution in [1.82, 2.24) is 5.01 Å². The summed E-state index contributed by atoms with van der Waals surface area (Å²) in [5.41, 5.74) is -2.58. The highest BCUT2D eigenvalue weighted by Gasteiger charge is 2.58. The van der Waals surface area contributed by atoms with Crippen LogP contribution in [0.3, 0.4) is 0 Å². The number of allylic oxidation sites excluding steroid dienone is 1. The number of hydrogen-bond acceptors (Lipinski definition) is 4. The van der Waals surface area contributed by atoms with Gasteiger partial charge in [0, 0.05) is 26.2 Å². The van der Waals surface area contributed by atoms with Crippen LogP contribution in [0.2, 0.25) is 0 Å². The number of aryl methyl sites for hydroxylation is 1. The lowest BCUT2D eigenvalue weighted by atomic mass is 10.1. The molecule has 0 bridgehead atoms. The molecule has 1 N–H and O–H groups in total. The fraction of sp³-hybridized carbons (Fsp3) is 0.474. The third-order valence-electron chi connectivity index (χ3n) is 4.03. The van der Waals surface area contributed by atoms with E-state index in [-0.39, 0.29) is 24.0 Å². The Morgan fingerprint density at radius 3 is 2.48 bits per heavy atom. The topological polar surface area (TPSA) is 62.1 Å². The van der Waals surface area contributed by atoms with Gasteiger partial charge in [-0.15, -0.1) is 0 Å². The summed E-state index contributed by atoms with van der Waals surface area (Å²) in [7, 11) is 1.48. The molecule has 0 saturated heterocycles. The number of hydrazone groups is 1. The summed E-state index contributed by atoms with van der Waals surface area (Å²) >= 11 is 0. The van der Waals surface area contributed by atoms with E-state index in [4.69, 9.17) is 4.74 Å². The highest BCUT2D eigenvalue weighted by Crippen LogP contribution is 2.36. The normalized spacial score (nSPS) is 15.8. The molecular weight excluding hydrogens is 361 g/mol. The fourth-order valence-corrected chi connectivity index (χ4v) is 2.23. The Labute approximate surface area is 157 Å². The lowest BCUT2D eigenvalue weighted by molar-refractivity contribution is -0.311. The number of alkyl halides is 3. The van der Waals surface area contributed by atoms with E-state index in [0.29, 0.717) is 0 Å². The standard InChI is InChI=1S/C19H25F3N2O3/c1-4-18(26,19(20,21)22)24(23-14-8-9-15(2)27-3)17(25)13-12-16-10-6-5-7-11-16/h5-11,14-15,26H,4,12-13H2,1-3H3/b9-8+,23-14+. The maximum atomic E-state index is 13.4. The quantitative estimate of drug-likeness (QED) is 0.400. The highest BCUT2D eigenvalue weighted by atomic mass is 19.4. The molecule has 0 saturated carbocycles. The molecule has 1 aromatic carbocycles. The van der Waals surface area contributed by atoms with Gasteiger partial charge in [-0.1, -0.05) is 43.3 Å². The molecule has 1 rings (SSSR count). The number of rotatable bonds is 9. The van der Waals surface area contributed by atoms with Crippen molar-refractivity contribution in [2.45, 2.75) is 51.1 Å². The minimum absolute atomic E-state index is 0.123. The van der Waals surface area contributed by atoms with E-state index in [9.17, 15) is 23.1 Å². The molecule has 8 heteroatoms. The van der Waals surface area contributed by atoms with Crippen molar-refractivity contribution in [3.8, 4) is 0 Å². The van der Waals surface area contributed by atoms with Crippen LogP contribution in [0.1, 0.15) is 32.3 Å². The number of carbonyl (C=O) groups is 1. The first kappa shape index (κ1) is 22.9. The molecule has 1 amide bonds. The van der Waals surface area contributed by atoms with Crippen molar-refractivity contribution < 1.29 is 27.8 Å². The Morgan fingerprint density at radius 1 is 1.33 bits per heavy atom. The molecule has 2 atom stereocenters. The van der Waals surface area contributed by atoms with Crippen LogP contribution in [-0.2, 0) is 16.0 Å². The van der Waals surface area contributed by atoms with E-state index in [1.54, 1.807) is 43.3 Å². The number of benzene rings is 1. The third kappa shape index (κ3) is 6.48. The van der Waals surface area contributed by atoms with Gasteiger partial charge in [0.25, 0.3) is 5.72 Å². The van der Waals surface area contributed by atoms with Crippen molar-refractivity contribution in [3.05, 3.63) is 48.0 Å². The zero-order chi connectivity index (χ0) is 20.5. The average Bonchev–Trinajstić information content (AvgIpc) is 2.65. The Kier molecular flexibility index (Phi) is 8.65. The van der Waals surface area contributed by atoms with Crippen molar-refractivity contribution >= 4 is 12.1 Å². The number of halogens is 3. The fourth-order valence-electron chi connectivity index (χ4n) is 2.23. The maximum Gasteiger partial charge on any atom is 0.438 e. The van der Waals surface area contributed by atoms with Crippen LogP contribution < -0.4 is 0 Å². The van der Waals surface area contributed by atoms with Gasteiger partial charge >= 0.3 is 6.18 Å². The van der Waals surface area contributed by atoms with Crippen molar-refractivity contribution in [3.63, 3.8) is 0 Å². The first-order chi connectivity index (χ1) is 12.7. The molecule has 2 unspecified atom stereocenters. The minimum atomic E-state index is -5.05. The van der Waals surface area contributed by atoms with Gasteiger partial charge < -0.3 is 9.84 Å². The van der Waals surface area contributed by atoms with Crippen LogP contribution in [-0.4, -0.2) is 47.4 Å². The molecule has 0 spiro atoms. The van der Waals surface area contributed by atoms with Gasteiger partial charge in [-0.25, -0.2) is 0 Å². The van der Waals surface area contributed by atoms with E-state index in [2.05, 4.69) is 5.10 Å². The maximum absolute atomic E-state index is 13.4. The summed E-state index contributed by atoms with van der Waals surface area (Å²) in [5, 5.41) is 13.9. The average molecular weight is 386 g/mol. The van der Waals surface area contributed by atoms with Crippen LogP contribution in [0.4, 0.5) is 13.2 Å². The van der Waals surface area contributed by atoms with E-state index in [1.807, 2.05) is 0 Å². The number of amides is 1. The van der Waals surface area contributed by atoms with E-state index >= 15 is 0 Å². The summed E-state index contributed by atoms with van der Waals surface area (Å²) in [5.74, 6) is -0.926. The molecule has 0 aromatic heterocycles. The van der Waals surface area contributed by atoms with E-state index in [1.165, 1.54) is 13.2 Å². The number of hydrogen-bond donors (Lipinski definition) is 1. The summed E-state index contributed by atoms with van der Waals surface area (Å²) < 4.78 is 45.2. The number of ether oxygens (including phenoxy) is 1. The van der Waals surface area contributed by atoms with Crippen LogP contribution in [0, 0.1) is 0 Å². The number of nitrogens with zero attached hydrogens (tertiary/aromatic N) is 2. The van der Waals surface area contributed by atoms with Crippen LogP contribution >= 0.6 is 0 Å². The molecule has 0 fully saturated rings. The second-order valence-electron chi connectivity index (χ2n) is 5.95. The van der Waals surface area contributed by atoms with Crippen molar-refractivity contribution in [2.75, 3.05) is 7.11 Å². The predicted molar refractivity (Wildman–Crippen MR) is 97.0 cm³/mol. The molecule has 5 nitrogen and oxygen atoms in total. The lowest BCUT2D eigenvalue weighted by Gasteiger charge is -2.36. The predicted octanol–water partition coefficient (Wildman–Crippen LogP) is 3.69. The van der Waals surface area contributed by atoms with Crippen LogP contribution in [0.15, 0.2) is 47.6 Å². The third-order valence-corrected chi connectivity index (χ3v) is 4.03. The van der Waals surface area contributed by atoms with Gasteiger partial charge in [0.1, 0.15) is 0 Å². The van der Waals surface area contributed by atoms with Gasteiger partial charge in [-0.2, -0.15) is 23.3 Å². The minimum Gasteiger partial charge on any atom is -0.378 e. The van der Waals surface area contributed by atoms with Gasteiger partial charge in [-0.05, 0) is 25.0 Å². The SMILES string of the molecule is CCC(O)(N(/N=C/C=C/C(C)OC)C(=O)CCc1ccccc1)C(F)(F)F. The summed E-state index contributed by atoms with van der Waals surface area (Å²) in [6, 6.07) is 8.89. The van der Waals surface area contributed by atoms with Crippen molar-refractivity contribution in [2.24, 2.45) is 5.10 Å².